The van der Waals surface area contributed by atoms with Gasteiger partial charge in [-0.05, 0) is 36.3 Å². The van der Waals surface area contributed by atoms with E-state index in [-0.39, 0.29) is 0 Å². The zero-order valence-electron chi connectivity index (χ0n) is 6.67. The molecule has 0 aliphatic rings. The molecular formula is C9H8ClNS. The molecule has 0 aliphatic carbocycles. The Hall–Kier alpha value is -0.690. The van der Waals surface area contributed by atoms with Gasteiger partial charge in [0, 0.05) is 5.02 Å². The Bertz CT molecular complexity index is 329. The molecule has 0 unspecified atom stereocenters. The first-order valence-corrected chi connectivity index (χ1v) is 4.43. The fourth-order valence-electron chi connectivity index (χ4n) is 0.989. The molecule has 0 spiro atoms. The van der Waals surface area contributed by atoms with E-state index in [9.17, 15) is 0 Å². The summed E-state index contributed by atoms with van der Waals surface area (Å²) in [6.07, 6.45) is 0.924. The molecule has 0 amide bonds. The van der Waals surface area contributed by atoms with Crippen LogP contribution in [-0.2, 0) is 6.42 Å². The normalized spacial score (nSPS) is 9.17. The van der Waals surface area contributed by atoms with Gasteiger partial charge in [0.1, 0.15) is 0 Å². The first-order valence-electron chi connectivity index (χ1n) is 3.64. The summed E-state index contributed by atoms with van der Waals surface area (Å²) in [7, 11) is 0. The molecule has 12 heavy (non-hydrogen) atoms. The van der Waals surface area contributed by atoms with Gasteiger partial charge in [-0.1, -0.05) is 24.6 Å². The van der Waals surface area contributed by atoms with Gasteiger partial charge >= 0.3 is 0 Å². The Morgan fingerprint density at radius 1 is 1.58 bits per heavy atom. The van der Waals surface area contributed by atoms with E-state index in [0.717, 1.165) is 17.7 Å². The summed E-state index contributed by atoms with van der Waals surface area (Å²) in [6.45, 7) is 2.06. The van der Waals surface area contributed by atoms with Crippen LogP contribution in [0.25, 0.3) is 0 Å². The number of thiocarbonyl (C=S) groups is 1. The lowest BCUT2D eigenvalue weighted by molar-refractivity contribution is 1.13. The fourth-order valence-corrected chi connectivity index (χ4v) is 1.25. The summed E-state index contributed by atoms with van der Waals surface area (Å²) < 4.78 is 0. The molecule has 0 N–H and O–H groups in total. The number of benzene rings is 1. The number of rotatable bonds is 2. The molecule has 1 nitrogen and oxygen atoms in total. The van der Waals surface area contributed by atoms with E-state index >= 15 is 0 Å². The Morgan fingerprint density at radius 2 is 2.33 bits per heavy atom. The Balaban J connectivity index is 3.20. The number of halogens is 1. The van der Waals surface area contributed by atoms with Crippen molar-refractivity contribution in [2.24, 2.45) is 4.99 Å². The molecule has 62 valence electrons. The SMILES string of the molecule is CCc1ccc(Cl)cc1N=C=S. The van der Waals surface area contributed by atoms with Crippen LogP contribution in [0, 0.1) is 0 Å². The zero-order chi connectivity index (χ0) is 8.97. The largest absolute Gasteiger partial charge is 0.194 e. The lowest BCUT2D eigenvalue weighted by Gasteiger charge is -2.00. The minimum Gasteiger partial charge on any atom is -0.194 e. The van der Waals surface area contributed by atoms with E-state index < -0.39 is 0 Å². The van der Waals surface area contributed by atoms with E-state index in [2.05, 4.69) is 29.3 Å². The molecule has 0 saturated heterocycles. The van der Waals surface area contributed by atoms with Crippen molar-refractivity contribution in [1.82, 2.24) is 0 Å². The molecule has 0 radical (unpaired) electrons. The first kappa shape index (κ1) is 9.40. The van der Waals surface area contributed by atoms with E-state index in [0.29, 0.717) is 5.02 Å². The van der Waals surface area contributed by atoms with Crippen LogP contribution in [0.4, 0.5) is 5.69 Å². The number of hydrogen-bond acceptors (Lipinski definition) is 2. The first-order chi connectivity index (χ1) is 5.77. The van der Waals surface area contributed by atoms with Gasteiger partial charge in [-0.25, -0.2) is 0 Å². The van der Waals surface area contributed by atoms with Crippen molar-refractivity contribution in [1.29, 1.82) is 0 Å². The van der Waals surface area contributed by atoms with Gasteiger partial charge < -0.3 is 0 Å². The highest BCUT2D eigenvalue weighted by molar-refractivity contribution is 7.78. The predicted octanol–water partition coefficient (Wildman–Crippen LogP) is 3.64. The highest BCUT2D eigenvalue weighted by atomic mass is 35.5. The lowest BCUT2D eigenvalue weighted by atomic mass is 10.1. The van der Waals surface area contributed by atoms with Crippen LogP contribution in [0.5, 0.6) is 0 Å². The number of isothiocyanates is 1. The highest BCUT2D eigenvalue weighted by Crippen LogP contribution is 2.23. The van der Waals surface area contributed by atoms with E-state index in [1.54, 1.807) is 6.07 Å². The lowest BCUT2D eigenvalue weighted by Crippen LogP contribution is -1.80. The minimum atomic E-state index is 0.677. The van der Waals surface area contributed by atoms with Crippen molar-refractivity contribution in [3.63, 3.8) is 0 Å². The summed E-state index contributed by atoms with van der Waals surface area (Å²) in [5.41, 5.74) is 1.96. The third kappa shape index (κ3) is 2.15. The second kappa shape index (κ2) is 4.36. The number of aryl methyl sites for hydroxylation is 1. The number of aliphatic imine (C=N–C) groups is 1. The Labute approximate surface area is 82.1 Å². The molecule has 0 aromatic heterocycles. The molecule has 0 saturated carbocycles. The topological polar surface area (TPSA) is 12.4 Å². The molecule has 1 aromatic carbocycles. The van der Waals surface area contributed by atoms with Crippen LogP contribution < -0.4 is 0 Å². The maximum atomic E-state index is 5.79. The average molecular weight is 198 g/mol. The van der Waals surface area contributed by atoms with Crippen molar-refractivity contribution < 1.29 is 0 Å². The van der Waals surface area contributed by atoms with E-state index in [4.69, 9.17) is 11.6 Å². The van der Waals surface area contributed by atoms with Crippen molar-refractivity contribution >= 4 is 34.7 Å². The maximum absolute atomic E-state index is 5.79. The number of nitrogens with zero attached hydrogens (tertiary/aromatic N) is 1. The van der Waals surface area contributed by atoms with E-state index in [1.807, 2.05) is 12.1 Å². The smallest absolute Gasteiger partial charge is 0.0786 e. The van der Waals surface area contributed by atoms with Gasteiger partial charge in [0.15, 0.2) is 0 Å². The molecule has 1 rings (SSSR count). The Kier molecular flexibility index (Phi) is 3.42. The van der Waals surface area contributed by atoms with Gasteiger partial charge in [0.2, 0.25) is 0 Å². The second-order valence-electron chi connectivity index (χ2n) is 2.33. The zero-order valence-corrected chi connectivity index (χ0v) is 8.25. The van der Waals surface area contributed by atoms with E-state index in [1.165, 1.54) is 0 Å². The summed E-state index contributed by atoms with van der Waals surface area (Å²) in [4.78, 5) is 3.92. The van der Waals surface area contributed by atoms with Crippen molar-refractivity contribution in [3.05, 3.63) is 28.8 Å². The molecule has 0 heterocycles. The molecule has 0 fully saturated rings. The molecular weight excluding hydrogens is 190 g/mol. The molecule has 1 aromatic rings. The highest BCUT2D eigenvalue weighted by Gasteiger charge is 1.98. The van der Waals surface area contributed by atoms with Gasteiger partial charge in [0.25, 0.3) is 0 Å². The minimum absolute atomic E-state index is 0.677. The number of hydrogen-bond donors (Lipinski definition) is 0. The van der Waals surface area contributed by atoms with Gasteiger partial charge in [0.05, 0.1) is 10.8 Å². The van der Waals surface area contributed by atoms with Crippen LogP contribution in [-0.4, -0.2) is 5.16 Å². The molecule has 3 heteroatoms. The quantitative estimate of drug-likeness (QED) is 0.521. The second-order valence-corrected chi connectivity index (χ2v) is 2.95. The predicted molar refractivity (Wildman–Crippen MR) is 55.5 cm³/mol. The van der Waals surface area contributed by atoms with Crippen LogP contribution in [0.2, 0.25) is 5.02 Å². The monoisotopic (exact) mass is 197 g/mol. The van der Waals surface area contributed by atoms with Gasteiger partial charge in [-0.3, -0.25) is 0 Å². The summed E-state index contributed by atoms with van der Waals surface area (Å²) in [6, 6.07) is 5.59. The van der Waals surface area contributed by atoms with Crippen molar-refractivity contribution in [2.75, 3.05) is 0 Å². The maximum Gasteiger partial charge on any atom is 0.0786 e. The third-order valence-corrected chi connectivity index (χ3v) is 1.92. The van der Waals surface area contributed by atoms with Crippen LogP contribution in [0.1, 0.15) is 12.5 Å². The van der Waals surface area contributed by atoms with Crippen molar-refractivity contribution in [2.45, 2.75) is 13.3 Å². The fraction of sp³-hybridized carbons (Fsp3) is 0.222. The van der Waals surface area contributed by atoms with Crippen LogP contribution in [0.15, 0.2) is 23.2 Å². The van der Waals surface area contributed by atoms with Gasteiger partial charge in [-0.2, -0.15) is 4.99 Å². The van der Waals surface area contributed by atoms with Crippen molar-refractivity contribution in [3.8, 4) is 0 Å². The molecule has 0 atom stereocenters. The summed E-state index contributed by atoms with van der Waals surface area (Å²) in [5.74, 6) is 0. The van der Waals surface area contributed by atoms with Gasteiger partial charge in [-0.15, -0.1) is 0 Å². The standard InChI is InChI=1S/C9H8ClNS/c1-2-7-3-4-8(10)5-9(7)11-6-12/h3-5H,2H2,1H3. The van der Waals surface area contributed by atoms with Crippen LogP contribution >= 0.6 is 23.8 Å². The average Bonchev–Trinajstić information content (AvgIpc) is 2.05. The summed E-state index contributed by atoms with van der Waals surface area (Å²) >= 11 is 10.3. The molecule has 0 bridgehead atoms. The summed E-state index contributed by atoms with van der Waals surface area (Å²) in [5, 5.41) is 3.01. The van der Waals surface area contributed by atoms with Crippen LogP contribution in [0.3, 0.4) is 0 Å². The molecule has 0 aliphatic heterocycles. The third-order valence-electron chi connectivity index (χ3n) is 1.59. The Morgan fingerprint density at radius 3 is 2.92 bits per heavy atom.